The largest absolute Gasteiger partial charge is 0.378 e. The summed E-state index contributed by atoms with van der Waals surface area (Å²) in [4.78, 5) is 4.03. The fourth-order valence-electron chi connectivity index (χ4n) is 2.28. The molecule has 0 aliphatic rings. The Morgan fingerprint density at radius 1 is 1.33 bits per heavy atom. The second-order valence-electron chi connectivity index (χ2n) is 4.86. The van der Waals surface area contributed by atoms with Crippen LogP contribution >= 0.6 is 0 Å². The average molecular weight is 278 g/mol. The third-order valence-electron chi connectivity index (χ3n) is 3.21. The van der Waals surface area contributed by atoms with Crippen molar-refractivity contribution in [2.45, 2.75) is 19.5 Å². The molecule has 2 aromatic heterocycles. The van der Waals surface area contributed by atoms with E-state index in [0.717, 1.165) is 23.1 Å². The molecule has 6 nitrogen and oxygen atoms in total. The predicted molar refractivity (Wildman–Crippen MR) is 79.6 cm³/mol. The van der Waals surface area contributed by atoms with Crippen LogP contribution < -0.4 is 5.32 Å². The highest BCUT2D eigenvalue weighted by atomic mass is 15.1. The average Bonchev–Trinajstić information content (AvgIpc) is 3.00. The van der Waals surface area contributed by atoms with Crippen LogP contribution in [0.4, 0.5) is 5.69 Å². The van der Waals surface area contributed by atoms with Crippen molar-refractivity contribution in [1.82, 2.24) is 19.7 Å². The molecular formula is C15H14N6. The van der Waals surface area contributed by atoms with Crippen LogP contribution in [0, 0.1) is 11.3 Å². The van der Waals surface area contributed by atoms with Gasteiger partial charge in [-0.1, -0.05) is 18.2 Å². The highest BCUT2D eigenvalue weighted by Crippen LogP contribution is 2.24. The topological polar surface area (TPSA) is 79.4 Å². The molecule has 3 aromatic rings. The van der Waals surface area contributed by atoms with Gasteiger partial charge in [-0.05, 0) is 13.0 Å². The lowest BCUT2D eigenvalue weighted by atomic mass is 10.1. The molecule has 0 saturated heterocycles. The molecule has 21 heavy (non-hydrogen) atoms. The van der Waals surface area contributed by atoms with Crippen LogP contribution in [-0.2, 0) is 6.54 Å². The third kappa shape index (κ3) is 2.67. The van der Waals surface area contributed by atoms with E-state index in [4.69, 9.17) is 0 Å². The van der Waals surface area contributed by atoms with Crippen molar-refractivity contribution in [1.29, 1.82) is 5.26 Å². The van der Waals surface area contributed by atoms with Gasteiger partial charge in [-0.2, -0.15) is 5.26 Å². The number of aromatic nitrogens is 4. The molecule has 0 aliphatic heterocycles. The molecule has 0 amide bonds. The molecule has 0 fully saturated rings. The van der Waals surface area contributed by atoms with Gasteiger partial charge in [0.25, 0.3) is 0 Å². The second kappa shape index (κ2) is 5.59. The first-order valence-electron chi connectivity index (χ1n) is 6.65. The number of hydrogen-bond acceptors (Lipinski definition) is 5. The SMILES string of the molecule is CC(Cn1ccnc1)Nc1c(C#N)nnc2ccccc12. The molecule has 3 rings (SSSR count). The quantitative estimate of drug-likeness (QED) is 0.791. The standard InChI is InChI=1S/C15H14N6/c1-11(9-21-7-6-17-10-21)18-15-12-4-2-3-5-13(12)19-20-14(15)8-16/h2-7,10-11H,9H2,1H3,(H,18,19). The Hall–Kier alpha value is -2.94. The van der Waals surface area contributed by atoms with E-state index >= 15 is 0 Å². The minimum atomic E-state index is 0.124. The van der Waals surface area contributed by atoms with Crippen molar-refractivity contribution in [2.75, 3.05) is 5.32 Å². The molecular weight excluding hydrogens is 264 g/mol. The van der Waals surface area contributed by atoms with Gasteiger partial charge < -0.3 is 9.88 Å². The summed E-state index contributed by atoms with van der Waals surface area (Å²) in [7, 11) is 0. The number of nitrogens with zero attached hydrogens (tertiary/aromatic N) is 5. The number of hydrogen-bond donors (Lipinski definition) is 1. The Morgan fingerprint density at radius 2 is 2.19 bits per heavy atom. The van der Waals surface area contributed by atoms with Crippen LogP contribution in [0.2, 0.25) is 0 Å². The fourth-order valence-corrected chi connectivity index (χ4v) is 2.28. The lowest BCUT2D eigenvalue weighted by molar-refractivity contribution is 0.619. The maximum Gasteiger partial charge on any atom is 0.186 e. The maximum atomic E-state index is 9.24. The first kappa shape index (κ1) is 13.1. The van der Waals surface area contributed by atoms with Crippen molar-refractivity contribution < 1.29 is 0 Å². The highest BCUT2D eigenvalue weighted by Gasteiger charge is 2.12. The fraction of sp³-hybridized carbons (Fsp3) is 0.200. The number of nitriles is 1. The molecule has 104 valence electrons. The van der Waals surface area contributed by atoms with E-state index in [1.165, 1.54) is 0 Å². The number of rotatable bonds is 4. The number of benzene rings is 1. The molecule has 0 spiro atoms. The number of imidazole rings is 1. The van der Waals surface area contributed by atoms with Crippen LogP contribution in [0.3, 0.4) is 0 Å². The minimum Gasteiger partial charge on any atom is -0.378 e. The lowest BCUT2D eigenvalue weighted by Gasteiger charge is -2.17. The van der Waals surface area contributed by atoms with Crippen molar-refractivity contribution >= 4 is 16.6 Å². The van der Waals surface area contributed by atoms with Gasteiger partial charge in [0, 0.05) is 30.4 Å². The van der Waals surface area contributed by atoms with Crippen LogP contribution in [0.25, 0.3) is 10.9 Å². The van der Waals surface area contributed by atoms with Gasteiger partial charge in [-0.3, -0.25) is 0 Å². The summed E-state index contributed by atoms with van der Waals surface area (Å²) < 4.78 is 1.99. The maximum absolute atomic E-state index is 9.24. The summed E-state index contributed by atoms with van der Waals surface area (Å²) in [5.41, 5.74) is 1.82. The molecule has 0 saturated carbocycles. The lowest BCUT2D eigenvalue weighted by Crippen LogP contribution is -2.22. The van der Waals surface area contributed by atoms with Crippen molar-refractivity contribution in [3.05, 3.63) is 48.7 Å². The number of nitrogens with one attached hydrogen (secondary N) is 1. The Bertz CT molecular complexity index is 788. The molecule has 0 aliphatic carbocycles. The van der Waals surface area contributed by atoms with Crippen molar-refractivity contribution in [2.24, 2.45) is 0 Å². The van der Waals surface area contributed by atoms with E-state index in [0.29, 0.717) is 5.69 Å². The molecule has 6 heteroatoms. The molecule has 0 radical (unpaired) electrons. The van der Waals surface area contributed by atoms with Gasteiger partial charge in [0.2, 0.25) is 0 Å². The van der Waals surface area contributed by atoms with Gasteiger partial charge in [-0.25, -0.2) is 4.98 Å². The Labute approximate surface area is 122 Å². The van der Waals surface area contributed by atoms with Gasteiger partial charge >= 0.3 is 0 Å². The van der Waals surface area contributed by atoms with Gasteiger partial charge in [0.15, 0.2) is 5.69 Å². The zero-order chi connectivity index (χ0) is 14.7. The molecule has 1 unspecified atom stereocenters. The van der Waals surface area contributed by atoms with E-state index in [1.54, 1.807) is 12.5 Å². The van der Waals surface area contributed by atoms with Crippen molar-refractivity contribution in [3.8, 4) is 6.07 Å². The number of fused-ring (bicyclic) bond motifs is 1. The van der Waals surface area contributed by atoms with Crippen molar-refractivity contribution in [3.63, 3.8) is 0 Å². The molecule has 0 bridgehead atoms. The second-order valence-corrected chi connectivity index (χ2v) is 4.86. The van der Waals surface area contributed by atoms with Crippen LogP contribution in [-0.4, -0.2) is 25.8 Å². The zero-order valence-electron chi connectivity index (χ0n) is 11.6. The normalized spacial score (nSPS) is 12.0. The van der Waals surface area contributed by atoms with Crippen LogP contribution in [0.15, 0.2) is 43.0 Å². The predicted octanol–water partition coefficient (Wildman–Crippen LogP) is 2.20. The monoisotopic (exact) mass is 278 g/mol. The van der Waals surface area contributed by atoms with Gasteiger partial charge in [-0.15, -0.1) is 10.2 Å². The summed E-state index contributed by atoms with van der Waals surface area (Å²) in [5.74, 6) is 0. The van der Waals surface area contributed by atoms with Crippen LogP contribution in [0.5, 0.6) is 0 Å². The summed E-state index contributed by atoms with van der Waals surface area (Å²) in [6, 6.07) is 9.88. The third-order valence-corrected chi connectivity index (χ3v) is 3.21. The Morgan fingerprint density at radius 3 is 2.95 bits per heavy atom. The van der Waals surface area contributed by atoms with E-state index in [2.05, 4.69) is 33.5 Å². The zero-order valence-corrected chi connectivity index (χ0v) is 11.6. The van der Waals surface area contributed by atoms with E-state index in [1.807, 2.05) is 35.0 Å². The Kier molecular flexibility index (Phi) is 3.48. The van der Waals surface area contributed by atoms with Gasteiger partial charge in [0.05, 0.1) is 17.5 Å². The van der Waals surface area contributed by atoms with E-state index < -0.39 is 0 Å². The minimum absolute atomic E-state index is 0.124. The Balaban J connectivity index is 1.93. The van der Waals surface area contributed by atoms with E-state index in [-0.39, 0.29) is 6.04 Å². The molecule has 2 heterocycles. The van der Waals surface area contributed by atoms with Gasteiger partial charge in [0.1, 0.15) is 6.07 Å². The molecule has 1 aromatic carbocycles. The smallest absolute Gasteiger partial charge is 0.186 e. The highest BCUT2D eigenvalue weighted by molar-refractivity contribution is 5.92. The summed E-state index contributed by atoms with van der Waals surface area (Å²) in [5, 5.41) is 21.6. The summed E-state index contributed by atoms with van der Waals surface area (Å²) in [6.45, 7) is 2.80. The molecule has 1 N–H and O–H groups in total. The summed E-state index contributed by atoms with van der Waals surface area (Å²) >= 11 is 0. The molecule has 1 atom stereocenters. The van der Waals surface area contributed by atoms with Crippen LogP contribution in [0.1, 0.15) is 12.6 Å². The van der Waals surface area contributed by atoms with E-state index in [9.17, 15) is 5.26 Å². The first-order chi connectivity index (χ1) is 10.3. The summed E-state index contributed by atoms with van der Waals surface area (Å²) in [6.07, 6.45) is 5.43. The first-order valence-corrected chi connectivity index (χ1v) is 6.65. The number of anilines is 1.